The molecule has 0 bridgehead atoms. The molecule has 0 unspecified atom stereocenters. The molecule has 5 heteroatoms. The summed E-state index contributed by atoms with van der Waals surface area (Å²) in [6.45, 7) is 3.30. The summed E-state index contributed by atoms with van der Waals surface area (Å²) < 4.78 is 5.34. The monoisotopic (exact) mass is 331 g/mol. The van der Waals surface area contributed by atoms with Gasteiger partial charge in [-0.1, -0.05) is 48.0 Å². The minimum atomic E-state index is -0.458. The first kappa shape index (κ1) is 17.0. The van der Waals surface area contributed by atoms with Crippen molar-refractivity contribution < 1.29 is 14.3 Å². The van der Waals surface area contributed by atoms with Crippen molar-refractivity contribution in [3.8, 4) is 5.75 Å². The van der Waals surface area contributed by atoms with E-state index in [1.807, 2.05) is 43.3 Å². The summed E-state index contributed by atoms with van der Waals surface area (Å²) in [6, 6.07) is 14.1. The number of rotatable bonds is 5. The van der Waals surface area contributed by atoms with Gasteiger partial charge in [0, 0.05) is 6.92 Å². The minimum absolute atomic E-state index is 0.0217. The normalized spacial score (nSPS) is 11.6. The lowest BCUT2D eigenvalue weighted by atomic mass is 10.0. The van der Waals surface area contributed by atoms with Crippen LogP contribution in [0, 0.1) is 6.92 Å². The molecule has 23 heavy (non-hydrogen) atoms. The molecule has 0 saturated carbocycles. The Morgan fingerprint density at radius 2 is 1.87 bits per heavy atom. The molecule has 0 aliphatic heterocycles. The molecule has 0 radical (unpaired) electrons. The second-order valence-corrected chi connectivity index (χ2v) is 5.68. The fourth-order valence-corrected chi connectivity index (χ4v) is 2.36. The summed E-state index contributed by atoms with van der Waals surface area (Å²) in [7, 11) is 0. The largest absolute Gasteiger partial charge is 0.425 e. The van der Waals surface area contributed by atoms with E-state index in [1.165, 1.54) is 6.92 Å². The highest BCUT2D eigenvalue weighted by atomic mass is 35.5. The molecule has 0 aromatic heterocycles. The topological polar surface area (TPSA) is 55.4 Å². The third kappa shape index (κ3) is 5.11. The molecule has 0 spiro atoms. The van der Waals surface area contributed by atoms with Crippen molar-refractivity contribution in [3.63, 3.8) is 0 Å². The van der Waals surface area contributed by atoms with Crippen LogP contribution in [0.1, 0.15) is 30.5 Å². The van der Waals surface area contributed by atoms with E-state index in [2.05, 4.69) is 5.32 Å². The minimum Gasteiger partial charge on any atom is -0.425 e. The van der Waals surface area contributed by atoms with Gasteiger partial charge in [0.1, 0.15) is 5.75 Å². The summed E-state index contributed by atoms with van der Waals surface area (Å²) in [6.07, 6.45) is 0.0217. The third-order valence-electron chi connectivity index (χ3n) is 3.26. The quantitative estimate of drug-likeness (QED) is 0.669. The highest BCUT2D eigenvalue weighted by molar-refractivity contribution is 6.32. The molecule has 0 aliphatic carbocycles. The van der Waals surface area contributed by atoms with E-state index < -0.39 is 12.0 Å². The summed E-state index contributed by atoms with van der Waals surface area (Å²) in [5, 5.41) is 3.14. The highest BCUT2D eigenvalue weighted by Gasteiger charge is 2.19. The van der Waals surface area contributed by atoms with Crippen LogP contribution in [0.15, 0.2) is 48.5 Å². The van der Waals surface area contributed by atoms with E-state index in [-0.39, 0.29) is 12.3 Å². The molecule has 2 aromatic rings. The van der Waals surface area contributed by atoms with Gasteiger partial charge in [-0.25, -0.2) is 0 Å². The molecule has 2 aromatic carbocycles. The maximum absolute atomic E-state index is 12.2. The van der Waals surface area contributed by atoms with Crippen LogP contribution in [0.5, 0.6) is 5.75 Å². The molecule has 1 atom stereocenters. The van der Waals surface area contributed by atoms with Crippen molar-refractivity contribution in [2.75, 3.05) is 0 Å². The fraction of sp³-hybridized carbons (Fsp3) is 0.222. The Morgan fingerprint density at radius 3 is 2.52 bits per heavy atom. The molecule has 2 rings (SSSR count). The first-order valence-corrected chi connectivity index (χ1v) is 7.62. The number of aryl methyl sites for hydroxylation is 1. The van der Waals surface area contributed by atoms with Crippen molar-refractivity contribution in [2.45, 2.75) is 26.3 Å². The first-order valence-electron chi connectivity index (χ1n) is 7.24. The van der Waals surface area contributed by atoms with Crippen LogP contribution >= 0.6 is 11.6 Å². The number of esters is 1. The van der Waals surface area contributed by atoms with E-state index in [0.717, 1.165) is 11.1 Å². The smallest absolute Gasteiger partial charge is 0.313 e. The molecule has 1 amide bonds. The average molecular weight is 332 g/mol. The molecular weight excluding hydrogens is 314 g/mol. The van der Waals surface area contributed by atoms with Crippen molar-refractivity contribution >= 4 is 23.5 Å². The summed E-state index contributed by atoms with van der Waals surface area (Å²) in [4.78, 5) is 23.6. The lowest BCUT2D eigenvalue weighted by Crippen LogP contribution is -2.29. The van der Waals surface area contributed by atoms with Gasteiger partial charge in [-0.3, -0.25) is 9.59 Å². The van der Waals surface area contributed by atoms with Gasteiger partial charge in [-0.05, 0) is 30.2 Å². The third-order valence-corrected chi connectivity index (χ3v) is 3.57. The predicted molar refractivity (Wildman–Crippen MR) is 89.4 cm³/mol. The molecule has 4 nitrogen and oxygen atoms in total. The average Bonchev–Trinajstić information content (AvgIpc) is 2.51. The van der Waals surface area contributed by atoms with Crippen molar-refractivity contribution in [2.24, 2.45) is 0 Å². The molecule has 0 saturated heterocycles. The SMILES string of the molecule is CC(=O)N[C@H](CC(=O)Oc1cc(C)ccc1Cl)c1ccccc1. The van der Waals surface area contributed by atoms with Gasteiger partial charge in [0.2, 0.25) is 5.91 Å². The summed E-state index contributed by atoms with van der Waals surface area (Å²) in [5.41, 5.74) is 1.79. The van der Waals surface area contributed by atoms with Gasteiger partial charge in [0.15, 0.2) is 0 Å². The standard InChI is InChI=1S/C18H18ClNO3/c1-12-8-9-15(19)17(10-12)23-18(22)11-16(20-13(2)21)14-6-4-3-5-7-14/h3-10,16H,11H2,1-2H3,(H,20,21)/t16-/m1/s1. The molecule has 0 aliphatic rings. The zero-order valence-corrected chi connectivity index (χ0v) is 13.8. The van der Waals surface area contributed by atoms with Crippen LogP contribution in [0.3, 0.4) is 0 Å². The zero-order valence-electron chi connectivity index (χ0n) is 13.0. The van der Waals surface area contributed by atoms with Crippen LogP contribution in [0.25, 0.3) is 0 Å². The van der Waals surface area contributed by atoms with Gasteiger partial charge in [-0.2, -0.15) is 0 Å². The maximum Gasteiger partial charge on any atom is 0.313 e. The second-order valence-electron chi connectivity index (χ2n) is 5.28. The van der Waals surface area contributed by atoms with E-state index in [0.29, 0.717) is 10.8 Å². The summed E-state index contributed by atoms with van der Waals surface area (Å²) >= 11 is 6.03. The Balaban J connectivity index is 2.11. The van der Waals surface area contributed by atoms with Crippen LogP contribution in [0.2, 0.25) is 5.02 Å². The van der Waals surface area contributed by atoms with Crippen LogP contribution in [-0.2, 0) is 9.59 Å². The lowest BCUT2D eigenvalue weighted by molar-refractivity contribution is -0.135. The Kier molecular flexibility index (Phi) is 5.77. The van der Waals surface area contributed by atoms with Crippen LogP contribution in [0.4, 0.5) is 0 Å². The highest BCUT2D eigenvalue weighted by Crippen LogP contribution is 2.26. The first-order chi connectivity index (χ1) is 11.0. The van der Waals surface area contributed by atoms with Crippen molar-refractivity contribution in [3.05, 3.63) is 64.7 Å². The van der Waals surface area contributed by atoms with E-state index in [9.17, 15) is 9.59 Å². The lowest BCUT2D eigenvalue weighted by Gasteiger charge is -2.17. The number of amides is 1. The van der Waals surface area contributed by atoms with Gasteiger partial charge < -0.3 is 10.1 Å². The van der Waals surface area contributed by atoms with Crippen molar-refractivity contribution in [1.29, 1.82) is 0 Å². The maximum atomic E-state index is 12.2. The van der Waals surface area contributed by atoms with E-state index in [1.54, 1.807) is 12.1 Å². The van der Waals surface area contributed by atoms with E-state index in [4.69, 9.17) is 16.3 Å². The second kappa shape index (κ2) is 7.79. The summed E-state index contributed by atoms with van der Waals surface area (Å²) in [5.74, 6) is -0.341. The predicted octanol–water partition coefficient (Wildman–Crippen LogP) is 3.82. The molecular formula is C18H18ClNO3. The fourth-order valence-electron chi connectivity index (χ4n) is 2.20. The van der Waals surface area contributed by atoms with Crippen molar-refractivity contribution in [1.82, 2.24) is 5.32 Å². The van der Waals surface area contributed by atoms with Gasteiger partial charge in [0.25, 0.3) is 0 Å². The van der Waals surface area contributed by atoms with Crippen LogP contribution < -0.4 is 10.1 Å². The Labute approximate surface area is 140 Å². The Bertz CT molecular complexity index is 701. The number of carbonyl (C=O) groups is 2. The van der Waals surface area contributed by atoms with Gasteiger partial charge in [0.05, 0.1) is 17.5 Å². The van der Waals surface area contributed by atoms with Gasteiger partial charge in [-0.15, -0.1) is 0 Å². The van der Waals surface area contributed by atoms with E-state index >= 15 is 0 Å². The molecule has 120 valence electrons. The number of benzene rings is 2. The van der Waals surface area contributed by atoms with Gasteiger partial charge >= 0.3 is 5.97 Å². The molecule has 0 heterocycles. The number of hydrogen-bond acceptors (Lipinski definition) is 3. The number of hydrogen-bond donors (Lipinski definition) is 1. The number of nitrogens with one attached hydrogen (secondary N) is 1. The molecule has 0 fully saturated rings. The zero-order chi connectivity index (χ0) is 16.8. The van der Waals surface area contributed by atoms with Crippen LogP contribution in [-0.4, -0.2) is 11.9 Å². The number of halogens is 1. The number of carbonyl (C=O) groups excluding carboxylic acids is 2. The number of ether oxygens (including phenoxy) is 1. The Hall–Kier alpha value is -2.33. The Morgan fingerprint density at radius 1 is 1.17 bits per heavy atom. The molecule has 1 N–H and O–H groups in total.